The lowest BCUT2D eigenvalue weighted by Crippen LogP contribution is -1.99. The van der Waals surface area contributed by atoms with Crippen molar-refractivity contribution in [2.24, 2.45) is 0 Å². The molecule has 0 fully saturated rings. The Labute approximate surface area is 154 Å². The van der Waals surface area contributed by atoms with E-state index < -0.39 is 33.0 Å². The minimum Gasteiger partial charge on any atom is -0.397 e. The van der Waals surface area contributed by atoms with E-state index in [0.29, 0.717) is 0 Å². The van der Waals surface area contributed by atoms with Crippen LogP contribution >= 0.6 is 46.4 Å². The molecular formula is C12H8Cl4F2N4O2. The normalized spacial score (nSPS) is 10.1. The molecule has 2 aromatic carbocycles. The average molecular weight is 420 g/mol. The van der Waals surface area contributed by atoms with Gasteiger partial charge in [0.15, 0.2) is 11.6 Å². The molecule has 0 saturated carbocycles. The quantitative estimate of drug-likeness (QED) is 0.262. The van der Waals surface area contributed by atoms with Gasteiger partial charge in [0.1, 0.15) is 5.69 Å². The van der Waals surface area contributed by atoms with Crippen molar-refractivity contribution in [1.82, 2.24) is 0 Å². The Balaban J connectivity index is 0.000000243. The molecule has 0 spiro atoms. The van der Waals surface area contributed by atoms with Crippen molar-refractivity contribution >= 4 is 69.2 Å². The summed E-state index contributed by atoms with van der Waals surface area (Å²) >= 11 is 21.6. The fourth-order valence-electron chi connectivity index (χ4n) is 1.38. The topological polar surface area (TPSA) is 121 Å². The van der Waals surface area contributed by atoms with E-state index in [0.717, 1.165) is 6.07 Å². The van der Waals surface area contributed by atoms with Gasteiger partial charge in [-0.2, -0.15) is 0 Å². The van der Waals surface area contributed by atoms with Crippen LogP contribution in [0.4, 0.5) is 31.5 Å². The van der Waals surface area contributed by atoms with Gasteiger partial charge in [0.05, 0.1) is 36.4 Å². The number of halogens is 6. The number of rotatable bonds is 1. The van der Waals surface area contributed by atoms with Crippen molar-refractivity contribution in [1.29, 1.82) is 0 Å². The van der Waals surface area contributed by atoms with E-state index in [2.05, 4.69) is 0 Å². The fraction of sp³-hybridized carbons (Fsp3) is 0. The van der Waals surface area contributed by atoms with E-state index >= 15 is 0 Å². The van der Waals surface area contributed by atoms with Gasteiger partial charge in [0, 0.05) is 6.07 Å². The van der Waals surface area contributed by atoms with E-state index in [1.807, 2.05) is 0 Å². The third-order valence-electron chi connectivity index (χ3n) is 2.61. The Hall–Kier alpha value is -1.74. The Morgan fingerprint density at radius 3 is 1.75 bits per heavy atom. The highest BCUT2D eigenvalue weighted by molar-refractivity contribution is 6.43. The standard InChI is InChI=1S/C6H3Cl2FN2O2.C6H5Cl2FN2/c7-2-1-3(11(12)13)6(10)5(9)4(2)8;7-2-1-3(10)6(11)5(9)4(2)8/h1H,10H2;1H,10-11H2. The third-order valence-corrected chi connectivity index (χ3v) is 4.14. The number of benzene rings is 2. The molecule has 24 heavy (non-hydrogen) atoms. The van der Waals surface area contributed by atoms with Crippen LogP contribution in [-0.4, -0.2) is 4.92 Å². The van der Waals surface area contributed by atoms with Crippen LogP contribution in [0.1, 0.15) is 0 Å². The first-order valence-electron chi connectivity index (χ1n) is 5.74. The highest BCUT2D eigenvalue weighted by atomic mass is 35.5. The molecule has 2 aromatic rings. The highest BCUT2D eigenvalue weighted by Gasteiger charge is 2.21. The molecule has 0 atom stereocenters. The number of nitro benzene ring substituents is 1. The number of hydrogen-bond acceptors (Lipinski definition) is 5. The number of nitrogens with two attached hydrogens (primary N) is 3. The molecule has 0 aromatic heterocycles. The van der Waals surface area contributed by atoms with Crippen LogP contribution in [0.15, 0.2) is 12.1 Å². The van der Waals surface area contributed by atoms with Gasteiger partial charge in [-0.3, -0.25) is 10.1 Å². The lowest BCUT2D eigenvalue weighted by atomic mass is 10.2. The molecule has 130 valence electrons. The molecule has 0 amide bonds. The van der Waals surface area contributed by atoms with Crippen molar-refractivity contribution in [2.75, 3.05) is 17.2 Å². The van der Waals surface area contributed by atoms with Crippen molar-refractivity contribution in [2.45, 2.75) is 0 Å². The van der Waals surface area contributed by atoms with E-state index in [9.17, 15) is 18.9 Å². The number of nitro groups is 1. The van der Waals surface area contributed by atoms with Gasteiger partial charge >= 0.3 is 0 Å². The maximum absolute atomic E-state index is 13.0. The van der Waals surface area contributed by atoms with Crippen molar-refractivity contribution in [3.05, 3.63) is 54.0 Å². The summed E-state index contributed by atoms with van der Waals surface area (Å²) < 4.78 is 25.8. The maximum Gasteiger partial charge on any atom is 0.296 e. The van der Waals surface area contributed by atoms with Gasteiger partial charge < -0.3 is 17.2 Å². The highest BCUT2D eigenvalue weighted by Crippen LogP contribution is 2.35. The molecule has 0 saturated heterocycles. The summed E-state index contributed by atoms with van der Waals surface area (Å²) in [6, 6.07) is 2.21. The first-order valence-corrected chi connectivity index (χ1v) is 7.26. The van der Waals surface area contributed by atoms with Crippen LogP contribution in [0.2, 0.25) is 20.1 Å². The van der Waals surface area contributed by atoms with Crippen LogP contribution in [0.3, 0.4) is 0 Å². The van der Waals surface area contributed by atoms with Crippen LogP contribution < -0.4 is 17.2 Å². The van der Waals surface area contributed by atoms with Gasteiger partial charge in [-0.25, -0.2) is 8.78 Å². The maximum atomic E-state index is 13.0. The van der Waals surface area contributed by atoms with E-state index in [4.69, 9.17) is 63.6 Å². The predicted molar refractivity (Wildman–Crippen MR) is 92.7 cm³/mol. The van der Waals surface area contributed by atoms with Gasteiger partial charge in [-0.05, 0) is 6.07 Å². The van der Waals surface area contributed by atoms with E-state index in [-0.39, 0.29) is 26.4 Å². The fourth-order valence-corrected chi connectivity index (χ4v) is 2.07. The largest absolute Gasteiger partial charge is 0.397 e. The Morgan fingerprint density at radius 2 is 1.29 bits per heavy atom. The minimum atomic E-state index is -1.07. The number of anilines is 3. The second kappa shape index (κ2) is 7.89. The molecule has 0 radical (unpaired) electrons. The zero-order valence-electron chi connectivity index (χ0n) is 11.4. The summed E-state index contributed by atoms with van der Waals surface area (Å²) in [6.07, 6.45) is 0. The molecule has 0 aliphatic carbocycles. The first-order chi connectivity index (χ1) is 11.0. The van der Waals surface area contributed by atoms with Crippen molar-refractivity contribution in [3.8, 4) is 0 Å². The van der Waals surface area contributed by atoms with Gasteiger partial charge in [0.25, 0.3) is 5.69 Å². The zero-order valence-corrected chi connectivity index (χ0v) is 14.4. The Kier molecular flexibility index (Phi) is 6.67. The molecule has 6 N–H and O–H groups in total. The molecule has 2 rings (SSSR count). The summed E-state index contributed by atoms with van der Waals surface area (Å²) in [4.78, 5) is 9.46. The molecule has 0 aliphatic rings. The number of nitrogens with zero attached hydrogens (tertiary/aromatic N) is 1. The predicted octanol–water partition coefficient (Wildman–Crippen LogP) is 4.92. The zero-order chi connectivity index (χ0) is 18.8. The van der Waals surface area contributed by atoms with Crippen LogP contribution in [0.25, 0.3) is 0 Å². The summed E-state index contributed by atoms with van der Waals surface area (Å²) in [7, 11) is 0. The Morgan fingerprint density at radius 1 is 0.875 bits per heavy atom. The molecule has 6 nitrogen and oxygen atoms in total. The Bertz CT molecular complexity index is 794. The summed E-state index contributed by atoms with van der Waals surface area (Å²) in [5.74, 6) is -1.84. The average Bonchev–Trinajstić information content (AvgIpc) is 2.52. The molecule has 0 bridgehead atoms. The van der Waals surface area contributed by atoms with E-state index in [1.54, 1.807) is 0 Å². The second-order valence-corrected chi connectivity index (χ2v) is 5.74. The summed E-state index contributed by atoms with van der Waals surface area (Å²) in [5.41, 5.74) is 14.3. The molecular weight excluding hydrogens is 412 g/mol. The van der Waals surface area contributed by atoms with Crippen LogP contribution in [0, 0.1) is 21.7 Å². The van der Waals surface area contributed by atoms with Gasteiger partial charge in [-0.1, -0.05) is 46.4 Å². The lowest BCUT2D eigenvalue weighted by Gasteiger charge is -2.03. The smallest absolute Gasteiger partial charge is 0.296 e. The monoisotopic (exact) mass is 418 g/mol. The summed E-state index contributed by atoms with van der Waals surface area (Å²) in [5, 5.41) is 9.52. The molecule has 0 aliphatic heterocycles. The molecule has 0 unspecified atom stereocenters. The number of hydrogen-bond donors (Lipinski definition) is 3. The number of nitrogen functional groups attached to an aromatic ring is 3. The lowest BCUT2D eigenvalue weighted by molar-refractivity contribution is -0.384. The van der Waals surface area contributed by atoms with Gasteiger partial charge in [0.2, 0.25) is 0 Å². The van der Waals surface area contributed by atoms with Crippen LogP contribution in [-0.2, 0) is 0 Å². The molecule has 0 heterocycles. The third kappa shape index (κ3) is 4.21. The summed E-state index contributed by atoms with van der Waals surface area (Å²) in [6.45, 7) is 0. The second-order valence-electron chi connectivity index (χ2n) is 4.17. The van der Waals surface area contributed by atoms with E-state index in [1.165, 1.54) is 6.07 Å². The van der Waals surface area contributed by atoms with Gasteiger partial charge in [-0.15, -0.1) is 0 Å². The minimum absolute atomic E-state index is 0.0656. The first kappa shape index (κ1) is 20.3. The van der Waals surface area contributed by atoms with Crippen LogP contribution in [0.5, 0.6) is 0 Å². The SMILES string of the molecule is Nc1c([N+](=O)[O-])cc(Cl)c(Cl)c1F.Nc1cc(Cl)c(Cl)c(F)c1N. The van der Waals surface area contributed by atoms with Crippen molar-refractivity contribution < 1.29 is 13.7 Å². The van der Waals surface area contributed by atoms with Crippen molar-refractivity contribution in [3.63, 3.8) is 0 Å². The molecule has 12 heteroatoms.